The first-order valence-electron chi connectivity index (χ1n) is 8.20. The summed E-state index contributed by atoms with van der Waals surface area (Å²) in [6.45, 7) is 0. The van der Waals surface area contributed by atoms with Crippen LogP contribution in [0.2, 0.25) is 20.1 Å². The van der Waals surface area contributed by atoms with Crippen LogP contribution in [0.1, 0.15) is 5.76 Å². The van der Waals surface area contributed by atoms with Crippen molar-refractivity contribution in [3.63, 3.8) is 0 Å². The van der Waals surface area contributed by atoms with Crippen molar-refractivity contribution >= 4 is 81.0 Å². The van der Waals surface area contributed by atoms with E-state index in [-0.39, 0.29) is 5.91 Å². The van der Waals surface area contributed by atoms with Crippen molar-refractivity contribution in [1.82, 2.24) is 5.32 Å². The number of carbonyl (C=O) groups excluding carboxylic acids is 1. The lowest BCUT2D eigenvalue weighted by molar-refractivity contribution is -0.115. The molecule has 4 rings (SSSR count). The Morgan fingerprint density at radius 3 is 2.38 bits per heavy atom. The van der Waals surface area contributed by atoms with Crippen LogP contribution in [0, 0.1) is 0 Å². The zero-order chi connectivity index (χ0) is 20.5. The van der Waals surface area contributed by atoms with E-state index in [2.05, 4.69) is 10.3 Å². The van der Waals surface area contributed by atoms with Gasteiger partial charge in [0.2, 0.25) is 0 Å². The molecule has 0 radical (unpaired) electrons. The molecule has 3 aromatic rings. The van der Waals surface area contributed by atoms with Crippen molar-refractivity contribution in [2.75, 3.05) is 0 Å². The molecule has 1 amide bonds. The Morgan fingerprint density at radius 1 is 0.931 bits per heavy atom. The molecule has 1 N–H and O–H groups in total. The van der Waals surface area contributed by atoms with E-state index < -0.39 is 0 Å². The number of thioether (sulfide) groups is 1. The summed E-state index contributed by atoms with van der Waals surface area (Å²) >= 11 is 25.8. The van der Waals surface area contributed by atoms with Gasteiger partial charge in [-0.3, -0.25) is 4.79 Å². The Morgan fingerprint density at radius 2 is 1.62 bits per heavy atom. The number of amides is 1. The molecule has 0 bridgehead atoms. The van der Waals surface area contributed by atoms with Gasteiger partial charge in [-0.1, -0.05) is 58.5 Å². The third-order valence-electron chi connectivity index (χ3n) is 3.91. The highest BCUT2D eigenvalue weighted by Crippen LogP contribution is 2.37. The first-order valence-corrected chi connectivity index (χ1v) is 10.5. The molecule has 0 unspecified atom stereocenters. The number of hydrogen-bond acceptors (Lipinski definition) is 4. The highest BCUT2D eigenvalue weighted by atomic mass is 35.5. The fourth-order valence-electron chi connectivity index (χ4n) is 2.60. The largest absolute Gasteiger partial charge is 0.457 e. The monoisotopic (exact) mass is 482 g/mol. The predicted octanol–water partition coefficient (Wildman–Crippen LogP) is 7.45. The number of carbonyl (C=O) groups is 1. The summed E-state index contributed by atoms with van der Waals surface area (Å²) in [4.78, 5) is 17.1. The lowest BCUT2D eigenvalue weighted by atomic mass is 10.2. The van der Waals surface area contributed by atoms with Crippen LogP contribution in [0.5, 0.6) is 0 Å². The SMILES string of the molecule is O=C1NC(=Nc2cccc(Cl)c2Cl)SC1=Cc1ccc(-c2c(Cl)cccc2Cl)o1. The minimum Gasteiger partial charge on any atom is -0.457 e. The van der Waals surface area contributed by atoms with Gasteiger partial charge >= 0.3 is 0 Å². The summed E-state index contributed by atoms with van der Waals surface area (Å²) in [5, 5.41) is 4.76. The normalized spacial score (nSPS) is 16.6. The van der Waals surface area contributed by atoms with Crippen LogP contribution >= 0.6 is 58.2 Å². The minimum atomic E-state index is -0.291. The fraction of sp³-hybridized carbons (Fsp3) is 0. The first-order chi connectivity index (χ1) is 13.9. The van der Waals surface area contributed by atoms with E-state index in [1.54, 1.807) is 54.6 Å². The van der Waals surface area contributed by atoms with Gasteiger partial charge in [0.15, 0.2) is 5.17 Å². The third-order valence-corrected chi connectivity index (χ3v) is 6.26. The molecule has 29 heavy (non-hydrogen) atoms. The molecule has 1 aliphatic heterocycles. The van der Waals surface area contributed by atoms with Gasteiger partial charge in [-0.15, -0.1) is 0 Å². The first kappa shape index (κ1) is 20.4. The molecule has 0 spiro atoms. The molecule has 1 saturated heterocycles. The molecule has 0 aliphatic carbocycles. The lowest BCUT2D eigenvalue weighted by Crippen LogP contribution is -2.19. The molecule has 0 saturated carbocycles. The van der Waals surface area contributed by atoms with Gasteiger partial charge in [-0.25, -0.2) is 4.99 Å². The molecular weight excluding hydrogens is 474 g/mol. The minimum absolute atomic E-state index is 0.291. The molecule has 1 aromatic heterocycles. The molecule has 2 aromatic carbocycles. The van der Waals surface area contributed by atoms with E-state index >= 15 is 0 Å². The number of amidine groups is 1. The van der Waals surface area contributed by atoms with Crippen molar-refractivity contribution in [2.24, 2.45) is 4.99 Å². The van der Waals surface area contributed by atoms with Gasteiger partial charge in [0, 0.05) is 6.08 Å². The number of nitrogens with one attached hydrogen (secondary N) is 1. The Balaban J connectivity index is 1.60. The van der Waals surface area contributed by atoms with Crippen molar-refractivity contribution in [2.45, 2.75) is 0 Å². The number of benzene rings is 2. The quantitative estimate of drug-likeness (QED) is 0.393. The van der Waals surface area contributed by atoms with Crippen LogP contribution in [-0.2, 0) is 4.79 Å². The van der Waals surface area contributed by atoms with Crippen LogP contribution in [-0.4, -0.2) is 11.1 Å². The van der Waals surface area contributed by atoms with Crippen LogP contribution in [0.15, 0.2) is 62.8 Å². The Kier molecular flexibility index (Phi) is 5.95. The van der Waals surface area contributed by atoms with E-state index in [0.717, 1.165) is 0 Å². The lowest BCUT2D eigenvalue weighted by Gasteiger charge is -2.02. The maximum absolute atomic E-state index is 12.3. The predicted molar refractivity (Wildman–Crippen MR) is 121 cm³/mol. The second-order valence-electron chi connectivity index (χ2n) is 5.85. The van der Waals surface area contributed by atoms with E-state index in [9.17, 15) is 4.79 Å². The fourth-order valence-corrected chi connectivity index (χ4v) is 4.33. The molecular formula is C20H10Cl4N2O2S. The van der Waals surface area contributed by atoms with Crippen molar-refractivity contribution < 1.29 is 9.21 Å². The summed E-state index contributed by atoms with van der Waals surface area (Å²) in [5.41, 5.74) is 1.07. The average molecular weight is 484 g/mol. The molecule has 0 atom stereocenters. The molecule has 1 aliphatic rings. The topological polar surface area (TPSA) is 54.6 Å². The molecule has 146 valence electrons. The maximum Gasteiger partial charge on any atom is 0.264 e. The Labute approximate surface area is 190 Å². The zero-order valence-electron chi connectivity index (χ0n) is 14.4. The number of nitrogens with zero attached hydrogens (tertiary/aromatic N) is 1. The van der Waals surface area contributed by atoms with Crippen LogP contribution in [0.25, 0.3) is 17.4 Å². The van der Waals surface area contributed by atoms with Crippen molar-refractivity contribution in [3.05, 3.63) is 79.3 Å². The van der Waals surface area contributed by atoms with Gasteiger partial charge < -0.3 is 9.73 Å². The van der Waals surface area contributed by atoms with Crippen molar-refractivity contribution in [3.8, 4) is 11.3 Å². The second kappa shape index (κ2) is 8.46. The smallest absolute Gasteiger partial charge is 0.264 e. The van der Waals surface area contributed by atoms with Gasteiger partial charge in [-0.2, -0.15) is 0 Å². The van der Waals surface area contributed by atoms with Gasteiger partial charge in [0.1, 0.15) is 11.5 Å². The van der Waals surface area contributed by atoms with Gasteiger partial charge in [0.25, 0.3) is 5.91 Å². The van der Waals surface area contributed by atoms with E-state index in [0.29, 0.717) is 52.9 Å². The Bertz CT molecular complexity index is 1170. The summed E-state index contributed by atoms with van der Waals surface area (Å²) in [6.07, 6.45) is 1.62. The van der Waals surface area contributed by atoms with Crippen molar-refractivity contribution in [1.29, 1.82) is 0 Å². The van der Waals surface area contributed by atoms with Gasteiger partial charge in [0.05, 0.1) is 36.2 Å². The van der Waals surface area contributed by atoms with E-state index in [1.165, 1.54) is 11.8 Å². The highest BCUT2D eigenvalue weighted by Gasteiger charge is 2.25. The summed E-state index contributed by atoms with van der Waals surface area (Å²) in [5.74, 6) is 0.701. The zero-order valence-corrected chi connectivity index (χ0v) is 18.2. The van der Waals surface area contributed by atoms with Crippen LogP contribution in [0.3, 0.4) is 0 Å². The molecule has 4 nitrogen and oxygen atoms in total. The standard InChI is InChI=1S/C20H10Cl4N2O2S/c21-11-3-1-4-12(22)17(11)15-8-7-10(28-15)9-16-19(27)26-20(29-16)25-14-6-2-5-13(23)18(14)24/h1-9H,(H,25,26,27). The maximum atomic E-state index is 12.3. The highest BCUT2D eigenvalue weighted by molar-refractivity contribution is 8.18. The number of furan rings is 1. The summed E-state index contributed by atoms with van der Waals surface area (Å²) < 4.78 is 5.81. The van der Waals surface area contributed by atoms with Crippen LogP contribution in [0.4, 0.5) is 5.69 Å². The molecule has 1 fully saturated rings. The van der Waals surface area contributed by atoms with Crippen LogP contribution < -0.4 is 5.32 Å². The van der Waals surface area contributed by atoms with Gasteiger partial charge in [-0.05, 0) is 48.2 Å². The summed E-state index contributed by atoms with van der Waals surface area (Å²) in [6, 6.07) is 13.8. The average Bonchev–Trinajstić information content (AvgIpc) is 3.26. The third kappa shape index (κ3) is 4.34. The Hall–Kier alpha value is -1.89. The van der Waals surface area contributed by atoms with E-state index in [4.69, 9.17) is 50.8 Å². The van der Waals surface area contributed by atoms with E-state index in [1.807, 2.05) is 0 Å². The summed E-state index contributed by atoms with van der Waals surface area (Å²) in [7, 11) is 0. The number of aliphatic imine (C=N–C) groups is 1. The second-order valence-corrected chi connectivity index (χ2v) is 8.48. The number of halogens is 4. The molecule has 9 heteroatoms. The number of rotatable bonds is 3. The number of hydrogen-bond donors (Lipinski definition) is 1. The molecule has 2 heterocycles.